The number of hydrogen-bond donors (Lipinski definition) is 1. The molecule has 0 unspecified atom stereocenters. The highest BCUT2D eigenvalue weighted by atomic mass is 32.1. The van der Waals surface area contributed by atoms with E-state index in [-0.39, 0.29) is 12.0 Å². The molecule has 0 aliphatic carbocycles. The molecular weight excluding hydrogens is 396 g/mol. The summed E-state index contributed by atoms with van der Waals surface area (Å²) in [4.78, 5) is 18.6. The quantitative estimate of drug-likeness (QED) is 0.494. The van der Waals surface area contributed by atoms with Gasteiger partial charge in [-0.25, -0.2) is 0 Å². The smallest absolute Gasteiger partial charge is 0.262 e. The highest BCUT2D eigenvalue weighted by Gasteiger charge is 2.23. The van der Waals surface area contributed by atoms with Crippen molar-refractivity contribution in [2.24, 2.45) is 0 Å². The number of nitrogens with zero attached hydrogens (tertiary/aromatic N) is 1. The summed E-state index contributed by atoms with van der Waals surface area (Å²) >= 11 is 1.51. The Morgan fingerprint density at radius 2 is 2.10 bits per heavy atom. The molecule has 2 aromatic heterocycles. The van der Waals surface area contributed by atoms with E-state index in [9.17, 15) is 4.79 Å². The van der Waals surface area contributed by atoms with E-state index < -0.39 is 0 Å². The van der Waals surface area contributed by atoms with Gasteiger partial charge in [0.1, 0.15) is 10.6 Å². The van der Waals surface area contributed by atoms with Crippen LogP contribution in [0.25, 0.3) is 32.1 Å². The van der Waals surface area contributed by atoms with E-state index in [1.165, 1.54) is 11.3 Å². The van der Waals surface area contributed by atoms with E-state index in [0.717, 1.165) is 57.3 Å². The fraction of sp³-hybridized carbons (Fsp3) is 0.250. The lowest BCUT2D eigenvalue weighted by Crippen LogP contribution is -2.31. The summed E-state index contributed by atoms with van der Waals surface area (Å²) in [7, 11) is 1.66. The number of carbonyl (C=O) groups excluding carboxylic acids is 1. The SMILES string of the molecule is COc1ccc2ncc3c(-c4ccccc4)c(C(=O)NC[C@H]4CCCO4)sc3c2c1. The predicted molar refractivity (Wildman–Crippen MR) is 120 cm³/mol. The molecule has 5 rings (SSSR count). The highest BCUT2D eigenvalue weighted by Crippen LogP contribution is 2.42. The summed E-state index contributed by atoms with van der Waals surface area (Å²) in [6.45, 7) is 1.31. The van der Waals surface area contributed by atoms with Gasteiger partial charge in [-0.2, -0.15) is 0 Å². The minimum absolute atomic E-state index is 0.0680. The number of benzene rings is 2. The second-order valence-corrected chi connectivity index (χ2v) is 8.42. The number of aromatic nitrogens is 1. The Morgan fingerprint density at radius 1 is 1.23 bits per heavy atom. The van der Waals surface area contributed by atoms with Gasteiger partial charge in [0.25, 0.3) is 5.91 Å². The van der Waals surface area contributed by atoms with Crippen LogP contribution in [0.3, 0.4) is 0 Å². The average molecular weight is 419 g/mol. The van der Waals surface area contributed by atoms with E-state index in [1.54, 1.807) is 7.11 Å². The normalized spacial score (nSPS) is 16.2. The lowest BCUT2D eigenvalue weighted by atomic mass is 10.0. The number of ether oxygens (including phenoxy) is 2. The van der Waals surface area contributed by atoms with Gasteiger partial charge in [-0.1, -0.05) is 30.3 Å². The first kappa shape index (κ1) is 19.0. The summed E-state index contributed by atoms with van der Waals surface area (Å²) in [6.07, 6.45) is 4.03. The zero-order valence-electron chi connectivity index (χ0n) is 16.7. The van der Waals surface area contributed by atoms with Crippen molar-refractivity contribution in [3.63, 3.8) is 0 Å². The van der Waals surface area contributed by atoms with Crippen molar-refractivity contribution < 1.29 is 14.3 Å². The zero-order valence-corrected chi connectivity index (χ0v) is 17.5. The summed E-state index contributed by atoms with van der Waals surface area (Å²) in [5.41, 5.74) is 2.82. The molecule has 1 aliphatic rings. The fourth-order valence-electron chi connectivity index (χ4n) is 3.98. The molecule has 1 aliphatic heterocycles. The van der Waals surface area contributed by atoms with Crippen LogP contribution < -0.4 is 10.1 Å². The number of methoxy groups -OCH3 is 1. The molecule has 152 valence electrons. The number of hydrogen-bond acceptors (Lipinski definition) is 5. The van der Waals surface area contributed by atoms with Crippen molar-refractivity contribution in [3.05, 3.63) is 59.6 Å². The van der Waals surface area contributed by atoms with E-state index in [1.807, 2.05) is 54.7 Å². The summed E-state index contributed by atoms with van der Waals surface area (Å²) < 4.78 is 12.1. The number of amides is 1. The molecule has 2 aromatic carbocycles. The Morgan fingerprint density at radius 3 is 2.87 bits per heavy atom. The van der Waals surface area contributed by atoms with E-state index in [0.29, 0.717) is 11.4 Å². The lowest BCUT2D eigenvalue weighted by molar-refractivity contribution is 0.0861. The molecular formula is C24H22N2O3S. The minimum Gasteiger partial charge on any atom is -0.497 e. The van der Waals surface area contributed by atoms with Crippen LogP contribution in [-0.2, 0) is 4.74 Å². The zero-order chi connectivity index (χ0) is 20.5. The van der Waals surface area contributed by atoms with Crippen LogP contribution in [0.4, 0.5) is 0 Å². The van der Waals surface area contributed by atoms with Crippen molar-refractivity contribution in [2.75, 3.05) is 20.3 Å². The van der Waals surface area contributed by atoms with Gasteiger partial charge in [0.15, 0.2) is 0 Å². The van der Waals surface area contributed by atoms with Gasteiger partial charge in [-0.3, -0.25) is 9.78 Å². The Balaban J connectivity index is 1.65. The fourth-order valence-corrected chi connectivity index (χ4v) is 5.22. The van der Waals surface area contributed by atoms with Gasteiger partial charge in [0.2, 0.25) is 0 Å². The van der Waals surface area contributed by atoms with Crippen LogP contribution in [0, 0.1) is 0 Å². The van der Waals surface area contributed by atoms with Gasteiger partial charge in [-0.05, 0) is 36.6 Å². The number of nitrogens with one attached hydrogen (secondary N) is 1. The molecule has 1 fully saturated rings. The Labute approximate surface area is 178 Å². The van der Waals surface area contributed by atoms with E-state index in [2.05, 4.69) is 10.3 Å². The predicted octanol–water partition coefficient (Wildman–Crippen LogP) is 5.03. The van der Waals surface area contributed by atoms with Crippen molar-refractivity contribution in [3.8, 4) is 16.9 Å². The van der Waals surface area contributed by atoms with Crippen LogP contribution in [0.5, 0.6) is 5.75 Å². The van der Waals surface area contributed by atoms with Gasteiger partial charge in [0, 0.05) is 40.4 Å². The second-order valence-electron chi connectivity index (χ2n) is 7.40. The molecule has 1 saturated heterocycles. The molecule has 1 atom stereocenters. The van der Waals surface area contributed by atoms with Crippen LogP contribution in [0.1, 0.15) is 22.5 Å². The van der Waals surface area contributed by atoms with E-state index in [4.69, 9.17) is 9.47 Å². The lowest BCUT2D eigenvalue weighted by Gasteiger charge is -2.11. The Hall–Kier alpha value is -2.96. The maximum atomic E-state index is 13.2. The molecule has 30 heavy (non-hydrogen) atoms. The second kappa shape index (κ2) is 8.05. The summed E-state index contributed by atoms with van der Waals surface area (Å²) in [6, 6.07) is 15.9. The number of fused-ring (bicyclic) bond motifs is 3. The van der Waals surface area contributed by atoms with Gasteiger partial charge >= 0.3 is 0 Å². The molecule has 0 radical (unpaired) electrons. The molecule has 0 bridgehead atoms. The molecule has 3 heterocycles. The average Bonchev–Trinajstić information content (AvgIpc) is 3.45. The number of rotatable bonds is 5. The monoisotopic (exact) mass is 418 g/mol. The highest BCUT2D eigenvalue weighted by molar-refractivity contribution is 7.22. The molecule has 5 nitrogen and oxygen atoms in total. The van der Waals surface area contributed by atoms with Gasteiger partial charge in [0.05, 0.1) is 18.7 Å². The molecule has 0 saturated carbocycles. The minimum atomic E-state index is -0.0680. The maximum Gasteiger partial charge on any atom is 0.262 e. The first-order chi connectivity index (χ1) is 14.7. The molecule has 1 amide bonds. The largest absolute Gasteiger partial charge is 0.497 e. The summed E-state index contributed by atoms with van der Waals surface area (Å²) in [5, 5.41) is 5.06. The van der Waals surface area contributed by atoms with Gasteiger partial charge < -0.3 is 14.8 Å². The Kier molecular flexibility index (Phi) is 5.11. The van der Waals surface area contributed by atoms with Crippen molar-refractivity contribution >= 4 is 38.2 Å². The maximum absolute atomic E-state index is 13.2. The Bertz CT molecular complexity index is 1210. The van der Waals surface area contributed by atoms with Crippen molar-refractivity contribution in [1.82, 2.24) is 10.3 Å². The summed E-state index contributed by atoms with van der Waals surface area (Å²) in [5.74, 6) is 0.706. The van der Waals surface area contributed by atoms with Crippen LogP contribution >= 0.6 is 11.3 Å². The van der Waals surface area contributed by atoms with Crippen LogP contribution in [-0.4, -0.2) is 37.3 Å². The number of pyridine rings is 1. The third-order valence-electron chi connectivity index (χ3n) is 5.51. The van der Waals surface area contributed by atoms with E-state index >= 15 is 0 Å². The molecule has 4 aromatic rings. The third kappa shape index (κ3) is 3.42. The molecule has 6 heteroatoms. The first-order valence-electron chi connectivity index (χ1n) is 10.1. The topological polar surface area (TPSA) is 60.5 Å². The molecule has 1 N–H and O–H groups in total. The standard InChI is InChI=1S/C24H22N2O3S/c1-28-16-9-10-20-18(12-16)22-19(14-25-20)21(15-6-3-2-4-7-15)23(30-22)24(27)26-13-17-8-5-11-29-17/h2-4,6-7,9-10,12,14,17H,5,8,11,13H2,1H3,(H,26,27)/t17-/m1/s1. The van der Waals surface area contributed by atoms with Crippen LogP contribution in [0.2, 0.25) is 0 Å². The van der Waals surface area contributed by atoms with Crippen LogP contribution in [0.15, 0.2) is 54.7 Å². The number of carbonyl (C=O) groups is 1. The van der Waals surface area contributed by atoms with Crippen molar-refractivity contribution in [1.29, 1.82) is 0 Å². The first-order valence-corrected chi connectivity index (χ1v) is 10.9. The number of thiophene rings is 1. The van der Waals surface area contributed by atoms with Crippen molar-refractivity contribution in [2.45, 2.75) is 18.9 Å². The van der Waals surface area contributed by atoms with Gasteiger partial charge in [-0.15, -0.1) is 11.3 Å². The molecule has 0 spiro atoms. The third-order valence-corrected chi connectivity index (χ3v) is 6.75.